The van der Waals surface area contributed by atoms with Crippen LogP contribution in [-0.2, 0) is 61.7 Å². The molecule has 480 valence electrons. The fraction of sp³-hybridized carbons (Fsp3) is 0.931. The molecule has 13 N–H and O–H groups in total. The number of aliphatic hydroxyl groups excluding tert-OH is 12. The monoisotopic (exact) mass is 1200 g/mol. The van der Waals surface area contributed by atoms with Crippen molar-refractivity contribution >= 4 is 11.9 Å². The molecule has 84 heavy (non-hydrogen) atoms. The van der Waals surface area contributed by atoms with Crippen molar-refractivity contribution in [2.45, 2.75) is 254 Å². The summed E-state index contributed by atoms with van der Waals surface area (Å²) in [5.41, 5.74) is -4.73. The van der Waals surface area contributed by atoms with E-state index in [9.17, 15) is 71.2 Å². The van der Waals surface area contributed by atoms with E-state index in [1.54, 1.807) is 0 Å². The molecule has 5 saturated heterocycles. The second-order valence-electron chi connectivity index (χ2n) is 28.2. The van der Waals surface area contributed by atoms with Crippen molar-refractivity contribution in [2.24, 2.45) is 50.2 Å². The quantitative estimate of drug-likeness (QED) is 0.0565. The van der Waals surface area contributed by atoms with E-state index < -0.39 is 207 Å². The van der Waals surface area contributed by atoms with E-state index in [2.05, 4.69) is 54.5 Å². The average Bonchev–Trinajstić information content (AvgIpc) is 0.755. The normalized spacial score (nSPS) is 53.5. The molecule has 26 heteroatoms. The fourth-order valence-electron chi connectivity index (χ4n) is 17.3. The fourth-order valence-corrected chi connectivity index (χ4v) is 17.3. The number of aliphatic hydroxyl groups is 13. The number of carbonyl (C=O) groups excluding carboxylic acids is 2. The summed E-state index contributed by atoms with van der Waals surface area (Å²) >= 11 is 0. The lowest BCUT2D eigenvalue weighted by Gasteiger charge is -2.71. The maximum Gasteiger partial charge on any atom is 0.337 e. The largest absolute Gasteiger partial charge is 0.467 e. The second kappa shape index (κ2) is 23.2. The van der Waals surface area contributed by atoms with Gasteiger partial charge in [0.05, 0.1) is 51.8 Å². The highest BCUT2D eigenvalue weighted by molar-refractivity contribution is 5.80. The Hall–Kier alpha value is -2.20. The van der Waals surface area contributed by atoms with Crippen LogP contribution in [0.2, 0.25) is 0 Å². The number of fused-ring (bicyclic) bond motifs is 7. The van der Waals surface area contributed by atoms with Gasteiger partial charge < -0.3 is 118 Å². The van der Waals surface area contributed by atoms with Gasteiger partial charge in [-0.1, -0.05) is 60.1 Å². The molecule has 0 radical (unpaired) electrons. The van der Waals surface area contributed by atoms with Gasteiger partial charge in [0.15, 0.2) is 37.4 Å². The summed E-state index contributed by atoms with van der Waals surface area (Å²) in [7, 11) is 1.13. The van der Waals surface area contributed by atoms with Gasteiger partial charge in [-0.25, -0.2) is 4.79 Å². The first-order valence-electron chi connectivity index (χ1n) is 29.8. The number of hydrogen-bond acceptors (Lipinski definition) is 26. The SMILES string of the molecule is COC(=O)[C@H]1O[C@@H](O[C@H]2CC[C@]3(C)[C@H]4CC=C5[C@@H]6CC(C)(C)CC[C@]6(C(=O)O[C@@H]6OC[C@H](O)[C@H](O)[C@H]6O[C@@H]6O[C@@H](C)[C@H](O[C@@H]7OC[C@@H](O)[C@H](O)[C@H]7O)[C@@H](O[C@@H]7OC[C@](O)(CO)[C@@H]7O)[C@H]6O)[C@H](O)C[C@@]5(C)[C@]4(C)CC[C@H]3C2(C)C)[C@H](O)[C@@H](O)[C@@H]1O. The topological polar surface area (TPSA) is 399 Å². The van der Waals surface area contributed by atoms with Gasteiger partial charge in [-0.3, -0.25) is 4.79 Å². The maximum absolute atomic E-state index is 15.6. The highest BCUT2D eigenvalue weighted by Crippen LogP contribution is 2.76. The van der Waals surface area contributed by atoms with Crippen LogP contribution in [0.4, 0.5) is 0 Å². The van der Waals surface area contributed by atoms with Crippen LogP contribution >= 0.6 is 0 Å². The van der Waals surface area contributed by atoms with Crippen molar-refractivity contribution in [3.63, 3.8) is 0 Å². The molecule has 0 unspecified atom stereocenters. The van der Waals surface area contributed by atoms with Gasteiger partial charge in [0.2, 0.25) is 6.29 Å². The first-order chi connectivity index (χ1) is 39.2. The number of esters is 2. The van der Waals surface area contributed by atoms with Gasteiger partial charge in [-0.2, -0.15) is 0 Å². The number of methoxy groups -OCH3 is 1. The number of allylic oxidation sites excluding steroid dienone is 2. The first-order valence-corrected chi connectivity index (χ1v) is 29.8. The molecule has 10 aliphatic rings. The van der Waals surface area contributed by atoms with Crippen molar-refractivity contribution < 1.29 is 128 Å². The molecule has 30 atom stereocenters. The molecule has 0 amide bonds. The number of rotatable bonds is 12. The molecule has 0 bridgehead atoms. The summed E-state index contributed by atoms with van der Waals surface area (Å²) in [4.78, 5) is 28.1. The van der Waals surface area contributed by atoms with Crippen molar-refractivity contribution in [2.75, 3.05) is 33.5 Å². The molecule has 9 fully saturated rings. The Morgan fingerprint density at radius 1 is 0.631 bits per heavy atom. The van der Waals surface area contributed by atoms with Crippen LogP contribution in [0.15, 0.2) is 11.6 Å². The zero-order chi connectivity index (χ0) is 61.3. The van der Waals surface area contributed by atoms with Gasteiger partial charge in [0.1, 0.15) is 84.3 Å². The molecule has 5 aliphatic carbocycles. The molecule has 4 saturated carbocycles. The number of ether oxygens (including phenoxy) is 11. The lowest BCUT2D eigenvalue weighted by atomic mass is 9.33. The second-order valence-corrected chi connectivity index (χ2v) is 28.2. The van der Waals surface area contributed by atoms with Crippen LogP contribution in [0, 0.1) is 50.2 Å². The maximum atomic E-state index is 15.6. The molecule has 0 aromatic rings. The summed E-state index contributed by atoms with van der Waals surface area (Å²) < 4.78 is 64.9. The molecule has 0 aromatic carbocycles. The van der Waals surface area contributed by atoms with Crippen LogP contribution in [0.1, 0.15) is 113 Å². The Balaban J connectivity index is 0.897. The van der Waals surface area contributed by atoms with Gasteiger partial charge in [-0.15, -0.1) is 0 Å². The summed E-state index contributed by atoms with van der Waals surface area (Å²) in [6, 6.07) is 0. The van der Waals surface area contributed by atoms with Crippen molar-refractivity contribution in [1.29, 1.82) is 0 Å². The smallest absolute Gasteiger partial charge is 0.337 e. The zero-order valence-corrected chi connectivity index (χ0v) is 49.3. The minimum Gasteiger partial charge on any atom is -0.467 e. The van der Waals surface area contributed by atoms with E-state index >= 15 is 4.79 Å². The summed E-state index contributed by atoms with van der Waals surface area (Å²) in [5.74, 6) is -2.07. The third kappa shape index (κ3) is 10.4. The molecular formula is C58H92O26. The van der Waals surface area contributed by atoms with E-state index in [0.717, 1.165) is 25.5 Å². The van der Waals surface area contributed by atoms with Crippen LogP contribution in [-0.4, -0.2) is 253 Å². The van der Waals surface area contributed by atoms with E-state index in [1.165, 1.54) is 6.92 Å². The molecule has 5 heterocycles. The van der Waals surface area contributed by atoms with Gasteiger partial charge in [0, 0.05) is 0 Å². The van der Waals surface area contributed by atoms with E-state index in [0.29, 0.717) is 32.1 Å². The van der Waals surface area contributed by atoms with Crippen LogP contribution < -0.4 is 0 Å². The lowest BCUT2D eigenvalue weighted by molar-refractivity contribution is -0.381. The van der Waals surface area contributed by atoms with E-state index in [-0.39, 0.29) is 35.5 Å². The molecule has 10 rings (SSSR count). The number of carbonyl (C=O) groups is 2. The number of hydrogen-bond donors (Lipinski definition) is 13. The summed E-state index contributed by atoms with van der Waals surface area (Å²) in [6.45, 7) is 14.4. The Kier molecular flexibility index (Phi) is 17.9. The standard InChI is InChI=1S/C58H92O26/c1-24-40(80-46-37(67)33(63)27(60)20-75-46)41(81-50-44(70)57(73,22-59)23-77-50)39(69)48(78-24)83-43-34(64)28(61)21-76-49(43)84-51(72)58-17-16-52(2,3)18-26(58)25-10-11-30-54(6)14-13-32(79-47-38(68)35(65)36(66)42(82-47)45(71)74-9)53(4,5)29(54)12-15-55(30,7)56(25,8)19-31(58)62/h10,24,26-44,46-50,59-70,73H,11-23H2,1-9H3/t24-,26-,27+,28-,29-,30+,31+,32-,33-,34-,35-,36-,37+,38+,39+,40-,41-,42-,43+,44+,46-,47+,48-,49-,50-,54-,55+,56+,57+,58+/m0/s1. The zero-order valence-electron chi connectivity index (χ0n) is 49.3. The Labute approximate surface area is 488 Å². The van der Waals surface area contributed by atoms with Gasteiger partial charge >= 0.3 is 11.9 Å². The van der Waals surface area contributed by atoms with Crippen LogP contribution in [0.5, 0.6) is 0 Å². The minimum atomic E-state index is -2.17. The minimum absolute atomic E-state index is 0.0823. The van der Waals surface area contributed by atoms with Crippen molar-refractivity contribution in [3.05, 3.63) is 11.6 Å². The predicted octanol–water partition coefficient (Wildman–Crippen LogP) is -2.11. The van der Waals surface area contributed by atoms with Crippen molar-refractivity contribution in [3.8, 4) is 0 Å². The third-order valence-electron chi connectivity index (χ3n) is 22.6. The molecule has 0 aromatic heterocycles. The Bertz CT molecular complexity index is 2410. The Morgan fingerprint density at radius 2 is 1.26 bits per heavy atom. The van der Waals surface area contributed by atoms with Crippen molar-refractivity contribution in [1.82, 2.24) is 0 Å². The van der Waals surface area contributed by atoms with Crippen LogP contribution in [0.3, 0.4) is 0 Å². The Morgan fingerprint density at radius 3 is 1.93 bits per heavy atom. The first kappa shape index (κ1) is 64.8. The lowest BCUT2D eigenvalue weighted by Crippen LogP contribution is -2.68. The highest BCUT2D eigenvalue weighted by atomic mass is 16.8. The molecule has 5 aliphatic heterocycles. The molecular weight excluding hydrogens is 1110 g/mol. The summed E-state index contributed by atoms with van der Waals surface area (Å²) in [5, 5.41) is 143. The molecule has 26 nitrogen and oxygen atoms in total. The van der Waals surface area contributed by atoms with Gasteiger partial charge in [0.25, 0.3) is 0 Å². The van der Waals surface area contributed by atoms with Crippen LogP contribution in [0.25, 0.3) is 0 Å². The average molecular weight is 1210 g/mol. The van der Waals surface area contributed by atoms with Gasteiger partial charge in [-0.05, 0) is 110 Å². The van der Waals surface area contributed by atoms with E-state index in [1.807, 2.05) is 0 Å². The predicted molar refractivity (Wildman–Crippen MR) is 282 cm³/mol. The third-order valence-corrected chi connectivity index (χ3v) is 22.6. The summed E-state index contributed by atoms with van der Waals surface area (Å²) in [6.07, 6.45) is -27.9. The highest BCUT2D eigenvalue weighted by Gasteiger charge is 2.72. The molecule has 0 spiro atoms. The van der Waals surface area contributed by atoms with E-state index in [4.69, 9.17) is 52.1 Å².